The summed E-state index contributed by atoms with van der Waals surface area (Å²) in [5.74, 6) is 2.55. The van der Waals surface area contributed by atoms with Crippen molar-refractivity contribution in [3.63, 3.8) is 0 Å². The fourth-order valence-corrected chi connectivity index (χ4v) is 5.64. The molecule has 1 heterocycles. The van der Waals surface area contributed by atoms with Crippen molar-refractivity contribution in [2.45, 2.75) is 38.0 Å². The number of rotatable bonds is 1. The van der Waals surface area contributed by atoms with Crippen molar-refractivity contribution in [2.75, 3.05) is 0 Å². The predicted octanol–water partition coefficient (Wildman–Crippen LogP) is 4.81. The minimum Gasteiger partial charge on any atom is -0.294 e. The van der Waals surface area contributed by atoms with Crippen LogP contribution in [0.4, 0.5) is 0 Å². The lowest BCUT2D eigenvalue weighted by molar-refractivity contribution is -0.120. The van der Waals surface area contributed by atoms with Gasteiger partial charge in [0.2, 0.25) is 0 Å². The highest BCUT2D eigenvalue weighted by molar-refractivity contribution is 6.03. The number of hydrogen-bond acceptors (Lipinski definition) is 2. The quantitative estimate of drug-likeness (QED) is 0.703. The van der Waals surface area contributed by atoms with Crippen LogP contribution in [0.15, 0.2) is 54.4 Å². The Morgan fingerprint density at radius 1 is 0.960 bits per heavy atom. The molecule has 2 heteroatoms. The van der Waals surface area contributed by atoms with Crippen LogP contribution in [0, 0.1) is 17.8 Å². The Morgan fingerprint density at radius 2 is 1.84 bits per heavy atom. The molecule has 4 unspecified atom stereocenters. The van der Waals surface area contributed by atoms with Crippen LogP contribution in [0.1, 0.15) is 48.3 Å². The second-order valence-electron chi connectivity index (χ2n) is 7.88. The summed E-state index contributed by atoms with van der Waals surface area (Å²) in [5, 5.41) is 0. The number of Topliss-reactive ketones (excluding diaryl/α,β-unsaturated/α-hetero) is 1. The highest BCUT2D eigenvalue weighted by atomic mass is 16.1. The first-order valence-electron chi connectivity index (χ1n) is 9.54. The molecule has 2 saturated carbocycles. The van der Waals surface area contributed by atoms with Gasteiger partial charge < -0.3 is 0 Å². The van der Waals surface area contributed by atoms with E-state index in [-0.39, 0.29) is 5.92 Å². The summed E-state index contributed by atoms with van der Waals surface area (Å²) in [6.45, 7) is 0. The zero-order valence-electron chi connectivity index (χ0n) is 14.4. The van der Waals surface area contributed by atoms with Crippen LogP contribution in [0.2, 0.25) is 0 Å². The van der Waals surface area contributed by atoms with Crippen molar-refractivity contribution in [1.82, 2.24) is 4.98 Å². The molecule has 0 bridgehead atoms. The van der Waals surface area contributed by atoms with E-state index in [1.807, 2.05) is 18.3 Å². The predicted molar refractivity (Wildman–Crippen MR) is 99.0 cm³/mol. The number of nitrogens with zero attached hydrogens (tertiary/aromatic N) is 1. The number of carbonyl (C=O) groups is 1. The van der Waals surface area contributed by atoms with E-state index in [9.17, 15) is 4.79 Å². The molecule has 2 aromatic rings. The normalized spacial score (nSPS) is 32.2. The minimum absolute atomic E-state index is 0.259. The summed E-state index contributed by atoms with van der Waals surface area (Å²) in [6, 6.07) is 12.9. The number of hydrogen-bond donors (Lipinski definition) is 0. The standard InChI is InChI=1S/C23H23NO/c25-23-17(12-15-4-3-11-24-14-15)13-22-20-8-7-16-5-1-2-6-18(16)19(20)9-10-21(22)23/h1-6,11-12,14,19-22H,7-10,13H2/b17-12+. The molecule has 2 nitrogen and oxygen atoms in total. The molecule has 2 fully saturated rings. The third-order valence-corrected chi connectivity index (χ3v) is 6.71. The summed E-state index contributed by atoms with van der Waals surface area (Å²) >= 11 is 0. The fourth-order valence-electron chi connectivity index (χ4n) is 5.64. The second kappa shape index (κ2) is 5.94. The van der Waals surface area contributed by atoms with Crippen LogP contribution in [-0.2, 0) is 11.2 Å². The van der Waals surface area contributed by atoms with Crippen molar-refractivity contribution in [3.8, 4) is 0 Å². The zero-order chi connectivity index (χ0) is 16.8. The molecule has 1 aromatic carbocycles. The van der Waals surface area contributed by atoms with Crippen molar-refractivity contribution in [1.29, 1.82) is 0 Å². The molecule has 5 rings (SSSR count). The topological polar surface area (TPSA) is 30.0 Å². The largest absolute Gasteiger partial charge is 0.294 e. The molecular formula is C23H23NO. The average Bonchev–Trinajstić information content (AvgIpc) is 2.98. The molecule has 3 aliphatic carbocycles. The monoisotopic (exact) mass is 329 g/mol. The fraction of sp³-hybridized carbons (Fsp3) is 0.391. The van der Waals surface area contributed by atoms with E-state index in [0.717, 1.165) is 24.0 Å². The van der Waals surface area contributed by atoms with Gasteiger partial charge in [-0.3, -0.25) is 9.78 Å². The molecule has 0 N–H and O–H groups in total. The third kappa shape index (κ3) is 2.47. The van der Waals surface area contributed by atoms with E-state index in [2.05, 4.69) is 35.3 Å². The highest BCUT2D eigenvalue weighted by Gasteiger charge is 2.49. The van der Waals surface area contributed by atoms with Crippen LogP contribution < -0.4 is 0 Å². The highest BCUT2D eigenvalue weighted by Crippen LogP contribution is 2.55. The van der Waals surface area contributed by atoms with Gasteiger partial charge >= 0.3 is 0 Å². The maximum atomic E-state index is 13.0. The van der Waals surface area contributed by atoms with Crippen molar-refractivity contribution in [3.05, 3.63) is 71.1 Å². The van der Waals surface area contributed by atoms with Crippen LogP contribution in [-0.4, -0.2) is 10.8 Å². The number of carbonyl (C=O) groups excluding carboxylic acids is 1. The summed E-state index contributed by atoms with van der Waals surface area (Å²) in [4.78, 5) is 17.2. The molecule has 25 heavy (non-hydrogen) atoms. The lowest BCUT2D eigenvalue weighted by Crippen LogP contribution is -2.35. The maximum absolute atomic E-state index is 13.0. The Kier molecular flexibility index (Phi) is 3.58. The Labute approximate surface area is 149 Å². The van der Waals surface area contributed by atoms with Gasteiger partial charge in [0.05, 0.1) is 0 Å². The van der Waals surface area contributed by atoms with Gasteiger partial charge in [-0.2, -0.15) is 0 Å². The molecule has 126 valence electrons. The van der Waals surface area contributed by atoms with Crippen molar-refractivity contribution >= 4 is 11.9 Å². The number of aryl methyl sites for hydroxylation is 1. The van der Waals surface area contributed by atoms with Gasteiger partial charge in [-0.05, 0) is 84.3 Å². The number of benzene rings is 1. The summed E-state index contributed by atoms with van der Waals surface area (Å²) in [6.07, 6.45) is 11.3. The number of ketones is 1. The number of allylic oxidation sites excluding steroid dienone is 1. The Morgan fingerprint density at radius 3 is 2.72 bits per heavy atom. The molecule has 3 aliphatic rings. The van der Waals surface area contributed by atoms with Gasteiger partial charge in [0.25, 0.3) is 0 Å². The number of aromatic nitrogens is 1. The molecule has 0 amide bonds. The van der Waals surface area contributed by atoms with Crippen LogP contribution in [0.25, 0.3) is 6.08 Å². The van der Waals surface area contributed by atoms with E-state index in [1.165, 1.54) is 24.8 Å². The van der Waals surface area contributed by atoms with Gasteiger partial charge in [0.1, 0.15) is 0 Å². The van der Waals surface area contributed by atoms with E-state index in [4.69, 9.17) is 0 Å². The molecular weight excluding hydrogens is 306 g/mol. The second-order valence-corrected chi connectivity index (χ2v) is 7.88. The first kappa shape index (κ1) is 15.1. The van der Waals surface area contributed by atoms with Crippen molar-refractivity contribution < 1.29 is 4.79 Å². The molecule has 0 spiro atoms. The van der Waals surface area contributed by atoms with Gasteiger partial charge in [-0.25, -0.2) is 0 Å². The number of pyridine rings is 1. The molecule has 4 atom stereocenters. The lowest BCUT2D eigenvalue weighted by atomic mass is 9.61. The molecule has 1 aromatic heterocycles. The maximum Gasteiger partial charge on any atom is 0.162 e. The molecule has 0 saturated heterocycles. The third-order valence-electron chi connectivity index (χ3n) is 6.71. The van der Waals surface area contributed by atoms with Gasteiger partial charge in [0, 0.05) is 18.3 Å². The lowest BCUT2D eigenvalue weighted by Gasteiger charge is -2.43. The summed E-state index contributed by atoms with van der Waals surface area (Å²) in [5.41, 5.74) is 5.18. The van der Waals surface area contributed by atoms with Crippen molar-refractivity contribution in [2.24, 2.45) is 17.8 Å². The first-order valence-corrected chi connectivity index (χ1v) is 9.54. The Balaban J connectivity index is 1.46. The minimum atomic E-state index is 0.259. The van der Waals surface area contributed by atoms with Gasteiger partial charge in [-0.1, -0.05) is 30.3 Å². The SMILES string of the molecule is O=C1/C(=C/c2cccnc2)CC2C1CCC1c3ccccc3CCC12. The van der Waals surface area contributed by atoms with Crippen LogP contribution in [0.5, 0.6) is 0 Å². The average molecular weight is 329 g/mol. The van der Waals surface area contributed by atoms with E-state index in [0.29, 0.717) is 23.5 Å². The molecule has 0 aliphatic heterocycles. The zero-order valence-corrected chi connectivity index (χ0v) is 14.4. The van der Waals surface area contributed by atoms with E-state index < -0.39 is 0 Å². The van der Waals surface area contributed by atoms with E-state index in [1.54, 1.807) is 11.8 Å². The Hall–Kier alpha value is -2.22. The van der Waals surface area contributed by atoms with Gasteiger partial charge in [0.15, 0.2) is 5.78 Å². The molecule has 0 radical (unpaired) electrons. The number of fused-ring (bicyclic) bond motifs is 5. The summed E-state index contributed by atoms with van der Waals surface area (Å²) < 4.78 is 0. The smallest absolute Gasteiger partial charge is 0.162 e. The van der Waals surface area contributed by atoms with E-state index >= 15 is 0 Å². The van der Waals surface area contributed by atoms with Crippen LogP contribution in [0.3, 0.4) is 0 Å². The van der Waals surface area contributed by atoms with Gasteiger partial charge in [-0.15, -0.1) is 0 Å². The summed E-state index contributed by atoms with van der Waals surface area (Å²) in [7, 11) is 0. The first-order chi connectivity index (χ1) is 12.3. The van der Waals surface area contributed by atoms with Crippen LogP contribution >= 0.6 is 0 Å². The Bertz CT molecular complexity index is 838.